The number of morpholine rings is 1. The van der Waals surface area contributed by atoms with Crippen LogP contribution in [0, 0.1) is 0 Å². The van der Waals surface area contributed by atoms with Crippen LogP contribution in [0.15, 0.2) is 36.5 Å². The highest BCUT2D eigenvalue weighted by Crippen LogP contribution is 2.15. The number of aromatic nitrogens is 1. The molecule has 2 amide bonds. The molecule has 0 saturated carbocycles. The van der Waals surface area contributed by atoms with Crippen LogP contribution in [0.5, 0.6) is 0 Å². The summed E-state index contributed by atoms with van der Waals surface area (Å²) in [4.78, 5) is 31.0. The monoisotopic (exact) mass is 370 g/mol. The van der Waals surface area contributed by atoms with E-state index in [1.807, 2.05) is 44.8 Å². The van der Waals surface area contributed by atoms with Crippen molar-refractivity contribution in [1.82, 2.24) is 19.3 Å². The molecule has 2 aromatic rings. The zero-order chi connectivity index (χ0) is 18.6. The number of carbonyl (C=O) groups excluding carboxylic acids is 2. The summed E-state index contributed by atoms with van der Waals surface area (Å²) in [5.41, 5.74) is 1.08. The predicted octanol–water partition coefficient (Wildman–Crippen LogP) is 0.644. The van der Waals surface area contributed by atoms with Crippen molar-refractivity contribution in [2.45, 2.75) is 6.54 Å². The van der Waals surface area contributed by atoms with Crippen LogP contribution in [-0.4, -0.2) is 90.1 Å². The Bertz CT molecular complexity index is 804. The second-order valence-electron chi connectivity index (χ2n) is 7.15. The number of hydrogen-bond acceptors (Lipinski definition) is 4. The third kappa shape index (κ3) is 4.14. The van der Waals surface area contributed by atoms with Gasteiger partial charge in [0, 0.05) is 51.0 Å². The second-order valence-corrected chi connectivity index (χ2v) is 7.15. The molecule has 1 aromatic carbocycles. The van der Waals surface area contributed by atoms with Gasteiger partial charge in [-0.25, -0.2) is 0 Å². The van der Waals surface area contributed by atoms with E-state index >= 15 is 0 Å². The molecule has 0 bridgehead atoms. The first kappa shape index (κ1) is 18.0. The number of para-hydroxylation sites is 1. The third-order valence-electron chi connectivity index (χ3n) is 5.43. The highest BCUT2D eigenvalue weighted by molar-refractivity contribution is 5.83. The van der Waals surface area contributed by atoms with Crippen LogP contribution in [0.2, 0.25) is 0 Å². The molecule has 4 rings (SSSR count). The number of benzene rings is 1. The highest BCUT2D eigenvalue weighted by Gasteiger charge is 2.25. The summed E-state index contributed by atoms with van der Waals surface area (Å²) in [5, 5.41) is 1.15. The van der Waals surface area contributed by atoms with Gasteiger partial charge in [-0.2, -0.15) is 0 Å². The third-order valence-corrected chi connectivity index (χ3v) is 5.43. The molecule has 7 heteroatoms. The number of hydrogen-bond donors (Lipinski definition) is 0. The van der Waals surface area contributed by atoms with Gasteiger partial charge in [-0.15, -0.1) is 0 Å². The lowest BCUT2D eigenvalue weighted by Crippen LogP contribution is -2.53. The molecule has 2 aliphatic heterocycles. The van der Waals surface area contributed by atoms with Crippen molar-refractivity contribution in [1.29, 1.82) is 0 Å². The van der Waals surface area contributed by atoms with Crippen molar-refractivity contribution in [2.75, 3.05) is 59.0 Å². The molecule has 1 aromatic heterocycles. The average molecular weight is 370 g/mol. The van der Waals surface area contributed by atoms with E-state index in [4.69, 9.17) is 4.74 Å². The van der Waals surface area contributed by atoms with Gasteiger partial charge >= 0.3 is 0 Å². The predicted molar refractivity (Wildman–Crippen MR) is 102 cm³/mol. The Morgan fingerprint density at radius 2 is 1.48 bits per heavy atom. The molecule has 27 heavy (non-hydrogen) atoms. The number of rotatable bonds is 4. The maximum Gasteiger partial charge on any atom is 0.242 e. The van der Waals surface area contributed by atoms with Gasteiger partial charge in [-0.1, -0.05) is 18.2 Å². The summed E-state index contributed by atoms with van der Waals surface area (Å²) in [6, 6.07) is 10.1. The maximum absolute atomic E-state index is 12.7. The molecular weight excluding hydrogens is 344 g/mol. The maximum atomic E-state index is 12.7. The highest BCUT2D eigenvalue weighted by atomic mass is 16.5. The minimum Gasteiger partial charge on any atom is -0.378 e. The normalized spacial score (nSPS) is 18.8. The Morgan fingerprint density at radius 3 is 2.26 bits per heavy atom. The average Bonchev–Trinajstić information content (AvgIpc) is 3.12. The van der Waals surface area contributed by atoms with E-state index < -0.39 is 0 Å². The Morgan fingerprint density at radius 1 is 0.815 bits per heavy atom. The molecular formula is C20H26N4O3. The summed E-state index contributed by atoms with van der Waals surface area (Å²) in [5.74, 6) is 0.299. The van der Waals surface area contributed by atoms with Crippen molar-refractivity contribution in [3.63, 3.8) is 0 Å². The summed E-state index contributed by atoms with van der Waals surface area (Å²) in [7, 11) is 0. The molecule has 0 N–H and O–H groups in total. The quantitative estimate of drug-likeness (QED) is 0.793. The second kappa shape index (κ2) is 8.10. The van der Waals surface area contributed by atoms with Crippen molar-refractivity contribution in [3.05, 3.63) is 36.5 Å². The fraction of sp³-hybridized carbons (Fsp3) is 0.500. The molecule has 3 heterocycles. The number of fused-ring (bicyclic) bond motifs is 1. The Kier molecular flexibility index (Phi) is 5.40. The molecule has 2 aliphatic rings. The van der Waals surface area contributed by atoms with Crippen molar-refractivity contribution < 1.29 is 14.3 Å². The SMILES string of the molecule is O=C(CN1CCN(C(=O)Cn2ccc3ccccc32)CC1)N1CCOCC1. The molecule has 0 atom stereocenters. The molecule has 0 radical (unpaired) electrons. The summed E-state index contributed by atoms with van der Waals surface area (Å²) in [6.45, 7) is 6.25. The van der Waals surface area contributed by atoms with E-state index in [2.05, 4.69) is 11.0 Å². The molecule has 0 aliphatic carbocycles. The zero-order valence-corrected chi connectivity index (χ0v) is 15.5. The molecule has 0 spiro atoms. The number of carbonyl (C=O) groups is 2. The first-order chi connectivity index (χ1) is 13.2. The number of ether oxygens (including phenoxy) is 1. The standard InChI is InChI=1S/C20H26N4O3/c25-19(23-11-13-27-14-12-23)15-21-7-9-22(10-8-21)20(26)16-24-6-5-17-3-1-2-4-18(17)24/h1-6H,7-16H2. The lowest BCUT2D eigenvalue weighted by Gasteiger charge is -2.36. The van der Waals surface area contributed by atoms with Gasteiger partial charge in [0.25, 0.3) is 0 Å². The Balaban J connectivity index is 1.27. The minimum atomic E-state index is 0.135. The number of amides is 2. The van der Waals surface area contributed by atoms with Gasteiger partial charge < -0.3 is 19.1 Å². The Labute approximate surface area is 159 Å². The largest absolute Gasteiger partial charge is 0.378 e. The van der Waals surface area contributed by atoms with Crippen molar-refractivity contribution >= 4 is 22.7 Å². The summed E-state index contributed by atoms with van der Waals surface area (Å²) < 4.78 is 7.30. The summed E-state index contributed by atoms with van der Waals surface area (Å²) in [6.07, 6.45) is 1.97. The van der Waals surface area contributed by atoms with Gasteiger partial charge in [-0.05, 0) is 17.5 Å². The number of piperazine rings is 1. The topological polar surface area (TPSA) is 58.0 Å². The first-order valence-corrected chi connectivity index (χ1v) is 9.60. The molecule has 7 nitrogen and oxygen atoms in total. The fourth-order valence-corrected chi connectivity index (χ4v) is 3.78. The van der Waals surface area contributed by atoms with Crippen LogP contribution in [0.1, 0.15) is 0 Å². The van der Waals surface area contributed by atoms with Gasteiger partial charge in [0.2, 0.25) is 11.8 Å². The van der Waals surface area contributed by atoms with E-state index in [1.54, 1.807) is 0 Å². The fourth-order valence-electron chi connectivity index (χ4n) is 3.78. The minimum absolute atomic E-state index is 0.135. The summed E-state index contributed by atoms with van der Waals surface area (Å²) >= 11 is 0. The Hall–Kier alpha value is -2.38. The smallest absolute Gasteiger partial charge is 0.242 e. The van der Waals surface area contributed by atoms with E-state index in [0.29, 0.717) is 52.5 Å². The first-order valence-electron chi connectivity index (χ1n) is 9.60. The van der Waals surface area contributed by atoms with Crippen LogP contribution in [-0.2, 0) is 20.9 Å². The van der Waals surface area contributed by atoms with Gasteiger partial charge in [0.15, 0.2) is 0 Å². The van der Waals surface area contributed by atoms with Crippen LogP contribution < -0.4 is 0 Å². The van der Waals surface area contributed by atoms with Gasteiger partial charge in [0.05, 0.1) is 19.8 Å². The lowest BCUT2D eigenvalue weighted by molar-refractivity contribution is -0.138. The van der Waals surface area contributed by atoms with Crippen molar-refractivity contribution in [2.24, 2.45) is 0 Å². The van der Waals surface area contributed by atoms with Crippen molar-refractivity contribution in [3.8, 4) is 0 Å². The van der Waals surface area contributed by atoms with Gasteiger partial charge in [0.1, 0.15) is 6.54 Å². The van der Waals surface area contributed by atoms with E-state index in [1.165, 1.54) is 0 Å². The van der Waals surface area contributed by atoms with E-state index in [-0.39, 0.29) is 11.8 Å². The van der Waals surface area contributed by atoms with Crippen LogP contribution >= 0.6 is 0 Å². The van der Waals surface area contributed by atoms with Crippen LogP contribution in [0.3, 0.4) is 0 Å². The number of nitrogens with zero attached hydrogens (tertiary/aromatic N) is 4. The molecule has 2 fully saturated rings. The lowest BCUT2D eigenvalue weighted by atomic mass is 10.2. The van der Waals surface area contributed by atoms with E-state index in [0.717, 1.165) is 24.0 Å². The van der Waals surface area contributed by atoms with E-state index in [9.17, 15) is 9.59 Å². The van der Waals surface area contributed by atoms with Crippen LogP contribution in [0.25, 0.3) is 10.9 Å². The van der Waals surface area contributed by atoms with Crippen LogP contribution in [0.4, 0.5) is 0 Å². The molecule has 2 saturated heterocycles. The molecule has 0 unspecified atom stereocenters. The zero-order valence-electron chi connectivity index (χ0n) is 15.5. The van der Waals surface area contributed by atoms with Gasteiger partial charge in [-0.3, -0.25) is 14.5 Å². The molecule has 144 valence electrons.